The zero-order valence-corrected chi connectivity index (χ0v) is 25.5. The van der Waals surface area contributed by atoms with Gasteiger partial charge in [0.15, 0.2) is 6.10 Å². The minimum absolute atomic E-state index is 0.123. The Morgan fingerprint density at radius 2 is 1.28 bits per heavy atom. The van der Waals surface area contributed by atoms with Crippen molar-refractivity contribution >= 4 is 30.3 Å². The molecule has 3 atom stereocenters. The highest BCUT2D eigenvalue weighted by molar-refractivity contribution is 5.85. The molecular weight excluding hydrogens is 510 g/mol. The number of rotatable bonds is 12. The van der Waals surface area contributed by atoms with E-state index in [1.165, 1.54) is 0 Å². The Balaban J connectivity index is 0. The SMILES string of the molecule is CC(C)CC(C=O)NC(=O)OC(C)(C)C.CCOC(=O)CNC(=O)C(O)C(CC(C)C)NC(=O)OC(C)(C)C. The van der Waals surface area contributed by atoms with Gasteiger partial charge in [-0.2, -0.15) is 0 Å². The van der Waals surface area contributed by atoms with Crippen molar-refractivity contribution in [3.8, 4) is 0 Å². The first-order chi connectivity index (χ1) is 17.7. The van der Waals surface area contributed by atoms with E-state index in [2.05, 4.69) is 16.0 Å². The van der Waals surface area contributed by atoms with Crippen LogP contribution < -0.4 is 16.0 Å². The standard InChI is InChI=1S/C16H30N2O6.C11H21NO3/c1-7-23-12(19)9-17-14(21)13(20)11(8-10(2)3)18-15(22)24-16(4,5)6;1-8(2)6-9(7-13)12-10(14)15-11(3,4)5/h10-11,13,20H,7-9H2,1-6H3,(H,17,21)(H,18,22);7-9H,6H2,1-5H3,(H,12,14). The highest BCUT2D eigenvalue weighted by Gasteiger charge is 2.30. The molecule has 39 heavy (non-hydrogen) atoms. The number of aliphatic hydroxyl groups is 1. The fourth-order valence-electron chi connectivity index (χ4n) is 3.01. The summed E-state index contributed by atoms with van der Waals surface area (Å²) in [5.41, 5.74) is -1.22. The number of aldehydes is 1. The van der Waals surface area contributed by atoms with Gasteiger partial charge in [0.1, 0.15) is 24.0 Å². The van der Waals surface area contributed by atoms with E-state index in [9.17, 15) is 29.1 Å². The van der Waals surface area contributed by atoms with Crippen LogP contribution in [0.3, 0.4) is 0 Å². The van der Waals surface area contributed by atoms with Crippen molar-refractivity contribution in [2.45, 2.75) is 118 Å². The highest BCUT2D eigenvalue weighted by Crippen LogP contribution is 2.12. The van der Waals surface area contributed by atoms with Gasteiger partial charge in [0.25, 0.3) is 5.91 Å². The van der Waals surface area contributed by atoms with E-state index in [1.54, 1.807) is 48.5 Å². The number of hydrogen-bond acceptors (Lipinski definition) is 9. The number of carbonyl (C=O) groups excluding carboxylic acids is 5. The van der Waals surface area contributed by atoms with Gasteiger partial charge in [-0.3, -0.25) is 9.59 Å². The molecule has 0 saturated heterocycles. The van der Waals surface area contributed by atoms with Gasteiger partial charge in [-0.15, -0.1) is 0 Å². The molecule has 0 aromatic heterocycles. The molecule has 0 rings (SSSR count). The molecule has 12 nitrogen and oxygen atoms in total. The summed E-state index contributed by atoms with van der Waals surface area (Å²) in [5, 5.41) is 17.5. The number of amides is 3. The summed E-state index contributed by atoms with van der Waals surface area (Å²) in [6, 6.07) is -1.29. The van der Waals surface area contributed by atoms with Crippen molar-refractivity contribution in [1.29, 1.82) is 0 Å². The zero-order valence-electron chi connectivity index (χ0n) is 25.5. The van der Waals surface area contributed by atoms with Crippen LogP contribution in [0.2, 0.25) is 0 Å². The normalized spacial score (nSPS) is 13.7. The number of carbonyl (C=O) groups is 5. The minimum Gasteiger partial charge on any atom is -0.465 e. The summed E-state index contributed by atoms with van der Waals surface area (Å²) in [6.45, 7) is 19.8. The van der Waals surface area contributed by atoms with E-state index in [0.717, 1.165) is 6.29 Å². The Kier molecular flexibility index (Phi) is 18.1. The Labute approximate surface area is 233 Å². The lowest BCUT2D eigenvalue weighted by molar-refractivity contribution is -0.144. The van der Waals surface area contributed by atoms with E-state index in [-0.39, 0.29) is 19.1 Å². The molecule has 4 N–H and O–H groups in total. The number of hydrogen-bond donors (Lipinski definition) is 4. The number of alkyl carbamates (subject to hydrolysis) is 2. The molecular formula is C27H51N3O9. The lowest BCUT2D eigenvalue weighted by Gasteiger charge is -2.27. The molecule has 0 bridgehead atoms. The average molecular weight is 562 g/mol. The van der Waals surface area contributed by atoms with Crippen molar-refractivity contribution in [2.24, 2.45) is 11.8 Å². The lowest BCUT2D eigenvalue weighted by Crippen LogP contribution is -2.52. The molecule has 0 radical (unpaired) electrons. The predicted molar refractivity (Wildman–Crippen MR) is 147 cm³/mol. The number of aliphatic hydroxyl groups excluding tert-OH is 1. The van der Waals surface area contributed by atoms with Crippen LogP contribution in [-0.4, -0.2) is 78.0 Å². The third kappa shape index (κ3) is 22.8. The van der Waals surface area contributed by atoms with Crippen LogP contribution in [0.25, 0.3) is 0 Å². The van der Waals surface area contributed by atoms with Crippen molar-refractivity contribution in [3.05, 3.63) is 0 Å². The maximum absolute atomic E-state index is 12.0. The van der Waals surface area contributed by atoms with Crippen LogP contribution in [0.15, 0.2) is 0 Å². The molecule has 0 saturated carbocycles. The summed E-state index contributed by atoms with van der Waals surface area (Å²) < 4.78 is 14.9. The van der Waals surface area contributed by atoms with Gasteiger partial charge in [-0.25, -0.2) is 9.59 Å². The summed E-state index contributed by atoms with van der Waals surface area (Å²) in [6.07, 6.45) is -1.03. The number of nitrogens with one attached hydrogen (secondary N) is 3. The Hall–Kier alpha value is -2.89. The average Bonchev–Trinajstić information content (AvgIpc) is 2.73. The molecule has 228 valence electrons. The van der Waals surface area contributed by atoms with Crippen LogP contribution in [-0.2, 0) is 28.6 Å². The van der Waals surface area contributed by atoms with E-state index in [0.29, 0.717) is 18.8 Å². The second-order valence-electron chi connectivity index (χ2n) is 11.9. The Bertz CT molecular complexity index is 771. The topological polar surface area (TPSA) is 169 Å². The van der Waals surface area contributed by atoms with Crippen LogP contribution in [0.5, 0.6) is 0 Å². The second-order valence-corrected chi connectivity index (χ2v) is 11.9. The van der Waals surface area contributed by atoms with Crippen molar-refractivity contribution in [2.75, 3.05) is 13.2 Å². The van der Waals surface area contributed by atoms with Crippen LogP contribution >= 0.6 is 0 Å². The van der Waals surface area contributed by atoms with Crippen molar-refractivity contribution in [1.82, 2.24) is 16.0 Å². The second kappa shape index (κ2) is 18.4. The largest absolute Gasteiger partial charge is 0.465 e. The van der Waals surface area contributed by atoms with Gasteiger partial charge in [-0.1, -0.05) is 27.7 Å². The molecule has 0 heterocycles. The molecule has 3 amide bonds. The lowest BCUT2D eigenvalue weighted by atomic mass is 9.98. The third-order valence-electron chi connectivity index (χ3n) is 4.38. The summed E-state index contributed by atoms with van der Waals surface area (Å²) in [7, 11) is 0. The summed E-state index contributed by atoms with van der Waals surface area (Å²) >= 11 is 0. The van der Waals surface area contributed by atoms with Crippen LogP contribution in [0.4, 0.5) is 9.59 Å². The molecule has 3 unspecified atom stereocenters. The minimum atomic E-state index is -1.51. The van der Waals surface area contributed by atoms with Crippen LogP contribution in [0.1, 0.15) is 89.0 Å². The van der Waals surface area contributed by atoms with Gasteiger partial charge in [0.2, 0.25) is 0 Å². The van der Waals surface area contributed by atoms with E-state index in [1.807, 2.05) is 27.7 Å². The maximum atomic E-state index is 12.0. The Morgan fingerprint density at radius 1 is 0.821 bits per heavy atom. The monoisotopic (exact) mass is 561 g/mol. The fraction of sp³-hybridized carbons (Fsp3) is 0.815. The predicted octanol–water partition coefficient (Wildman–Crippen LogP) is 3.09. The van der Waals surface area contributed by atoms with Gasteiger partial charge in [-0.05, 0) is 73.1 Å². The highest BCUT2D eigenvalue weighted by atomic mass is 16.6. The molecule has 0 aliphatic carbocycles. The van der Waals surface area contributed by atoms with Gasteiger partial charge >= 0.3 is 18.2 Å². The van der Waals surface area contributed by atoms with Gasteiger partial charge in [0, 0.05) is 0 Å². The maximum Gasteiger partial charge on any atom is 0.408 e. The van der Waals surface area contributed by atoms with E-state index >= 15 is 0 Å². The first kappa shape index (κ1) is 38.3. The summed E-state index contributed by atoms with van der Waals surface area (Å²) in [5.74, 6) is -0.879. The molecule has 0 aromatic rings. The first-order valence-corrected chi connectivity index (χ1v) is 13.3. The first-order valence-electron chi connectivity index (χ1n) is 13.3. The Morgan fingerprint density at radius 3 is 1.67 bits per heavy atom. The van der Waals surface area contributed by atoms with Gasteiger partial charge < -0.3 is 40.1 Å². The molecule has 0 aliphatic rings. The van der Waals surface area contributed by atoms with Crippen molar-refractivity contribution in [3.63, 3.8) is 0 Å². The number of esters is 1. The zero-order chi connectivity index (χ0) is 31.0. The quantitative estimate of drug-likeness (QED) is 0.159. The third-order valence-corrected chi connectivity index (χ3v) is 4.38. The smallest absolute Gasteiger partial charge is 0.408 e. The van der Waals surface area contributed by atoms with E-state index < -0.39 is 53.5 Å². The fourth-order valence-corrected chi connectivity index (χ4v) is 3.01. The van der Waals surface area contributed by atoms with Crippen LogP contribution in [0, 0.1) is 11.8 Å². The van der Waals surface area contributed by atoms with E-state index in [4.69, 9.17) is 14.2 Å². The molecule has 12 heteroatoms. The molecule has 0 spiro atoms. The molecule has 0 aliphatic heterocycles. The van der Waals surface area contributed by atoms with Gasteiger partial charge in [0.05, 0.1) is 18.7 Å². The molecule has 0 aromatic carbocycles. The number of ether oxygens (including phenoxy) is 3. The summed E-state index contributed by atoms with van der Waals surface area (Å²) in [4.78, 5) is 57.1. The molecule has 0 fully saturated rings. The van der Waals surface area contributed by atoms with Crippen molar-refractivity contribution < 1.29 is 43.3 Å².